The van der Waals surface area contributed by atoms with Crippen LogP contribution in [0.1, 0.15) is 33.6 Å². The second kappa shape index (κ2) is 6.40. The monoisotopic (exact) mass is 193 g/mol. The molecule has 0 amide bonds. The van der Waals surface area contributed by atoms with Gasteiger partial charge in [0, 0.05) is 13.0 Å². The maximum atomic E-state index is 8.83. The van der Waals surface area contributed by atoms with Crippen LogP contribution in [-0.4, -0.2) is 24.5 Å². The van der Waals surface area contributed by atoms with E-state index in [4.69, 9.17) is 10.5 Å². The first kappa shape index (κ1) is 12.9. The van der Waals surface area contributed by atoms with E-state index in [1.807, 2.05) is 13.8 Å². The van der Waals surface area contributed by atoms with Crippen molar-refractivity contribution >= 4 is 0 Å². The van der Waals surface area contributed by atoms with E-state index in [1.165, 1.54) is 0 Å². The second-order valence-electron chi connectivity index (χ2n) is 4.09. The average Bonchev–Trinajstić information content (AvgIpc) is 2.18. The van der Waals surface area contributed by atoms with Crippen molar-refractivity contribution in [3.05, 3.63) is 0 Å². The Morgan fingerprint density at radius 2 is 1.86 bits per heavy atom. The van der Waals surface area contributed by atoms with Gasteiger partial charge in [0.2, 0.25) is 0 Å². The molecule has 0 fully saturated rings. The zero-order chi connectivity index (χ0) is 11.0. The fraction of sp³-hybridized carbons (Fsp3) is 0.818. The lowest BCUT2D eigenvalue weighted by atomic mass is 9.91. The Balaban J connectivity index is 3.86. The first-order valence-electron chi connectivity index (χ1n) is 5.06. The Morgan fingerprint density at radius 3 is 2.29 bits per heavy atom. The van der Waals surface area contributed by atoms with Gasteiger partial charge in [-0.25, -0.2) is 0 Å². The summed E-state index contributed by atoms with van der Waals surface area (Å²) < 4.78 is 0. The van der Waals surface area contributed by atoms with E-state index >= 15 is 0 Å². The van der Waals surface area contributed by atoms with Crippen LogP contribution in [0.25, 0.3) is 0 Å². The zero-order valence-electron chi connectivity index (χ0n) is 9.38. The molecule has 0 spiro atoms. The van der Waals surface area contributed by atoms with E-state index in [-0.39, 0.29) is 5.41 Å². The average molecular weight is 193 g/mol. The third kappa shape index (κ3) is 5.56. The van der Waals surface area contributed by atoms with E-state index in [2.05, 4.69) is 24.0 Å². The Hall–Kier alpha value is -1.06. The molecule has 3 heteroatoms. The van der Waals surface area contributed by atoms with Crippen LogP contribution in [0.2, 0.25) is 0 Å². The Morgan fingerprint density at radius 1 is 1.21 bits per heavy atom. The summed E-state index contributed by atoms with van der Waals surface area (Å²) in [4.78, 5) is 2.21. The Kier molecular flexibility index (Phi) is 5.92. The highest BCUT2D eigenvalue weighted by molar-refractivity contribution is 4.92. The van der Waals surface area contributed by atoms with Crippen molar-refractivity contribution in [2.24, 2.45) is 5.41 Å². The largest absolute Gasteiger partial charge is 0.303 e. The molecule has 0 aromatic carbocycles. The highest BCUT2D eigenvalue weighted by atomic mass is 15.1. The third-order valence-electron chi connectivity index (χ3n) is 2.34. The first-order valence-corrected chi connectivity index (χ1v) is 5.06. The summed E-state index contributed by atoms with van der Waals surface area (Å²) in [6.45, 7) is 8.64. The quantitative estimate of drug-likeness (QED) is 0.649. The summed E-state index contributed by atoms with van der Waals surface area (Å²) >= 11 is 0. The van der Waals surface area contributed by atoms with Gasteiger partial charge in [-0.05, 0) is 33.4 Å². The predicted octanol–water partition coefficient (Wildman–Crippen LogP) is 2.16. The second-order valence-corrected chi connectivity index (χ2v) is 4.09. The molecule has 0 saturated carbocycles. The third-order valence-corrected chi connectivity index (χ3v) is 2.34. The summed E-state index contributed by atoms with van der Waals surface area (Å²) in [7, 11) is 0. The van der Waals surface area contributed by atoms with Crippen LogP contribution >= 0.6 is 0 Å². The number of nitrogens with zero attached hydrogens (tertiary/aromatic N) is 3. The van der Waals surface area contributed by atoms with E-state index in [1.54, 1.807) is 0 Å². The Labute approximate surface area is 86.9 Å². The molecular weight excluding hydrogens is 174 g/mol. The summed E-state index contributed by atoms with van der Waals surface area (Å²) in [5.74, 6) is 0. The normalized spacial score (nSPS) is 11.0. The standard InChI is InChI=1S/C11H19N3/c1-4-14(8-5-7-12)9-6-11(2,3)10-13/h4-6,8-9H2,1-3H3. The molecule has 0 bridgehead atoms. The molecule has 0 aromatic rings. The van der Waals surface area contributed by atoms with Gasteiger partial charge in [-0.1, -0.05) is 6.92 Å². The Bertz CT molecular complexity index is 232. The van der Waals surface area contributed by atoms with Crippen LogP contribution < -0.4 is 0 Å². The maximum absolute atomic E-state index is 8.83. The molecule has 0 aliphatic rings. The molecular formula is C11H19N3. The fourth-order valence-electron chi connectivity index (χ4n) is 1.13. The van der Waals surface area contributed by atoms with Gasteiger partial charge in [-0.3, -0.25) is 0 Å². The highest BCUT2D eigenvalue weighted by Crippen LogP contribution is 2.18. The van der Waals surface area contributed by atoms with Crippen molar-refractivity contribution in [1.29, 1.82) is 10.5 Å². The van der Waals surface area contributed by atoms with Crippen LogP contribution in [0.4, 0.5) is 0 Å². The smallest absolute Gasteiger partial charge is 0.0684 e. The zero-order valence-corrected chi connectivity index (χ0v) is 9.38. The van der Waals surface area contributed by atoms with Crippen LogP contribution in [-0.2, 0) is 0 Å². The van der Waals surface area contributed by atoms with Gasteiger partial charge < -0.3 is 4.90 Å². The minimum absolute atomic E-state index is 0.250. The molecule has 0 heterocycles. The number of nitriles is 2. The van der Waals surface area contributed by atoms with Gasteiger partial charge in [-0.2, -0.15) is 10.5 Å². The topological polar surface area (TPSA) is 50.8 Å². The van der Waals surface area contributed by atoms with Gasteiger partial charge in [0.05, 0.1) is 17.6 Å². The van der Waals surface area contributed by atoms with Crippen LogP contribution in [0, 0.1) is 28.1 Å². The van der Waals surface area contributed by atoms with Gasteiger partial charge in [0.1, 0.15) is 0 Å². The summed E-state index contributed by atoms with van der Waals surface area (Å²) in [5, 5.41) is 17.3. The molecule has 0 rings (SSSR count). The lowest BCUT2D eigenvalue weighted by Crippen LogP contribution is -2.28. The lowest BCUT2D eigenvalue weighted by Gasteiger charge is -2.23. The van der Waals surface area contributed by atoms with E-state index in [0.717, 1.165) is 26.1 Å². The number of rotatable bonds is 6. The number of hydrogen-bond acceptors (Lipinski definition) is 3. The van der Waals surface area contributed by atoms with Crippen molar-refractivity contribution < 1.29 is 0 Å². The molecule has 0 aliphatic carbocycles. The van der Waals surface area contributed by atoms with E-state index < -0.39 is 0 Å². The van der Waals surface area contributed by atoms with Gasteiger partial charge >= 0.3 is 0 Å². The number of hydrogen-bond donors (Lipinski definition) is 0. The van der Waals surface area contributed by atoms with Crippen molar-refractivity contribution in [3.8, 4) is 12.1 Å². The molecule has 3 nitrogen and oxygen atoms in total. The molecule has 0 N–H and O–H groups in total. The van der Waals surface area contributed by atoms with Crippen molar-refractivity contribution in [1.82, 2.24) is 4.90 Å². The summed E-state index contributed by atoms with van der Waals surface area (Å²) in [6, 6.07) is 4.42. The van der Waals surface area contributed by atoms with Crippen molar-refractivity contribution in [2.45, 2.75) is 33.6 Å². The molecule has 0 radical (unpaired) electrons. The van der Waals surface area contributed by atoms with E-state index in [0.29, 0.717) is 6.42 Å². The fourth-order valence-corrected chi connectivity index (χ4v) is 1.13. The van der Waals surface area contributed by atoms with Gasteiger partial charge in [-0.15, -0.1) is 0 Å². The van der Waals surface area contributed by atoms with Gasteiger partial charge in [0.25, 0.3) is 0 Å². The van der Waals surface area contributed by atoms with Gasteiger partial charge in [0.15, 0.2) is 0 Å². The molecule has 14 heavy (non-hydrogen) atoms. The summed E-state index contributed by atoms with van der Waals surface area (Å²) in [6.07, 6.45) is 1.43. The minimum Gasteiger partial charge on any atom is -0.303 e. The van der Waals surface area contributed by atoms with E-state index in [9.17, 15) is 0 Å². The lowest BCUT2D eigenvalue weighted by molar-refractivity contribution is 0.257. The van der Waals surface area contributed by atoms with Crippen LogP contribution in [0.15, 0.2) is 0 Å². The van der Waals surface area contributed by atoms with Crippen LogP contribution in [0.3, 0.4) is 0 Å². The maximum Gasteiger partial charge on any atom is 0.0684 e. The minimum atomic E-state index is -0.250. The highest BCUT2D eigenvalue weighted by Gasteiger charge is 2.17. The SMILES string of the molecule is CCN(CCC#N)CCC(C)(C)C#N. The van der Waals surface area contributed by atoms with Crippen LogP contribution in [0.5, 0.6) is 0 Å². The molecule has 0 aromatic heterocycles. The molecule has 78 valence electrons. The molecule has 0 atom stereocenters. The molecule has 0 saturated heterocycles. The predicted molar refractivity (Wildman–Crippen MR) is 56.4 cm³/mol. The van der Waals surface area contributed by atoms with Crippen molar-refractivity contribution in [2.75, 3.05) is 19.6 Å². The molecule has 0 aliphatic heterocycles. The summed E-state index contributed by atoms with van der Waals surface area (Å²) in [5.41, 5.74) is -0.250. The first-order chi connectivity index (χ1) is 6.55. The van der Waals surface area contributed by atoms with Crippen molar-refractivity contribution in [3.63, 3.8) is 0 Å². The molecule has 0 unspecified atom stereocenters.